The first kappa shape index (κ1) is 26.2. The van der Waals surface area contributed by atoms with Crippen molar-refractivity contribution in [3.8, 4) is 22.6 Å². The molecule has 0 unspecified atom stereocenters. The second-order valence-electron chi connectivity index (χ2n) is 11.5. The summed E-state index contributed by atoms with van der Waals surface area (Å²) in [6, 6.07) is 12.9. The van der Waals surface area contributed by atoms with Gasteiger partial charge in [0.2, 0.25) is 0 Å². The van der Waals surface area contributed by atoms with Gasteiger partial charge in [-0.1, -0.05) is 18.2 Å². The number of aliphatic carboxylic acids is 1. The number of nitrogens with zero attached hydrogens (tertiary/aromatic N) is 1. The van der Waals surface area contributed by atoms with E-state index in [2.05, 4.69) is 44.2 Å². The lowest BCUT2D eigenvalue weighted by Crippen LogP contribution is -2.21. The van der Waals surface area contributed by atoms with Gasteiger partial charge in [0.15, 0.2) is 0 Å². The molecule has 5 rings (SSSR count). The summed E-state index contributed by atoms with van der Waals surface area (Å²) in [4.78, 5) is 15.9. The predicted octanol–water partition coefficient (Wildman–Crippen LogP) is 6.13. The average Bonchev–Trinajstić information content (AvgIpc) is 3.42. The molecule has 2 N–H and O–H groups in total. The molecule has 0 amide bonds. The molecule has 0 radical (unpaired) electrons. The van der Waals surface area contributed by atoms with Gasteiger partial charge < -0.3 is 19.7 Å². The second kappa shape index (κ2) is 10.4. The number of aryl methyl sites for hydroxylation is 2. The van der Waals surface area contributed by atoms with Gasteiger partial charge >= 0.3 is 5.97 Å². The summed E-state index contributed by atoms with van der Waals surface area (Å²) in [6.45, 7) is 8.76. The summed E-state index contributed by atoms with van der Waals surface area (Å²) < 4.78 is 11.8. The van der Waals surface area contributed by atoms with Crippen molar-refractivity contribution in [3.05, 3.63) is 76.1 Å². The summed E-state index contributed by atoms with van der Waals surface area (Å²) in [5.41, 5.74) is 8.90. The molecule has 0 saturated heterocycles. The number of carboxylic acid groups (broad SMARTS) is 1. The predicted molar refractivity (Wildman–Crippen MR) is 147 cm³/mol. The Hall–Kier alpha value is -3.38. The maximum atomic E-state index is 11.2. The monoisotopic (exact) mass is 515 g/mol. The van der Waals surface area contributed by atoms with Crippen LogP contribution in [0.5, 0.6) is 11.5 Å². The zero-order chi connectivity index (χ0) is 27.0. The van der Waals surface area contributed by atoms with E-state index in [9.17, 15) is 9.90 Å². The highest BCUT2D eigenvalue weighted by atomic mass is 16.5. The van der Waals surface area contributed by atoms with E-state index in [-0.39, 0.29) is 12.3 Å². The maximum Gasteiger partial charge on any atom is 0.304 e. The van der Waals surface area contributed by atoms with Gasteiger partial charge in [0, 0.05) is 35.9 Å². The van der Waals surface area contributed by atoms with E-state index in [1.807, 2.05) is 12.3 Å². The Kier molecular flexibility index (Phi) is 7.19. The Bertz CT molecular complexity index is 1330. The lowest BCUT2D eigenvalue weighted by atomic mass is 9.89. The number of hydrogen-bond donors (Lipinski definition) is 2. The molecule has 1 aromatic heterocycles. The normalized spacial score (nSPS) is 18.1. The number of aromatic nitrogens is 1. The summed E-state index contributed by atoms with van der Waals surface area (Å²) in [6.07, 6.45) is 5.40. The van der Waals surface area contributed by atoms with E-state index in [4.69, 9.17) is 19.6 Å². The SMILES string of the molecule is Cc1cc(OCCC(C)(C)O)cc(C)c1-c1cccc2c1CC[C@H]2Cc1cc2c(cn1)[C@H](CC(=O)O)CO2. The quantitative estimate of drug-likeness (QED) is 0.356. The molecule has 200 valence electrons. The van der Waals surface area contributed by atoms with Crippen LogP contribution in [0.4, 0.5) is 0 Å². The van der Waals surface area contributed by atoms with Gasteiger partial charge in [-0.15, -0.1) is 0 Å². The molecule has 2 atom stereocenters. The molecule has 0 bridgehead atoms. The molecule has 1 aliphatic carbocycles. The molecule has 0 saturated carbocycles. The summed E-state index contributed by atoms with van der Waals surface area (Å²) >= 11 is 0. The Morgan fingerprint density at radius 1 is 1.13 bits per heavy atom. The Morgan fingerprint density at radius 2 is 1.89 bits per heavy atom. The van der Waals surface area contributed by atoms with Gasteiger partial charge in [-0.2, -0.15) is 0 Å². The summed E-state index contributed by atoms with van der Waals surface area (Å²) in [5, 5.41) is 19.1. The topological polar surface area (TPSA) is 88.9 Å². The first-order chi connectivity index (χ1) is 18.1. The molecular weight excluding hydrogens is 478 g/mol. The first-order valence-corrected chi connectivity index (χ1v) is 13.5. The van der Waals surface area contributed by atoms with Crippen molar-refractivity contribution in [2.24, 2.45) is 0 Å². The lowest BCUT2D eigenvalue weighted by molar-refractivity contribution is -0.137. The van der Waals surface area contributed by atoms with Gasteiger partial charge in [-0.05, 0) is 98.4 Å². The van der Waals surface area contributed by atoms with Crippen LogP contribution in [0.3, 0.4) is 0 Å². The molecule has 3 aromatic rings. The number of aliphatic hydroxyl groups is 1. The highest BCUT2D eigenvalue weighted by Crippen LogP contribution is 2.43. The molecule has 1 aliphatic heterocycles. The van der Waals surface area contributed by atoms with E-state index >= 15 is 0 Å². The van der Waals surface area contributed by atoms with Crippen molar-refractivity contribution in [2.75, 3.05) is 13.2 Å². The highest BCUT2D eigenvalue weighted by molar-refractivity contribution is 5.76. The maximum absolute atomic E-state index is 11.2. The van der Waals surface area contributed by atoms with Crippen LogP contribution >= 0.6 is 0 Å². The first-order valence-electron chi connectivity index (χ1n) is 13.5. The van der Waals surface area contributed by atoms with Crippen LogP contribution in [0.25, 0.3) is 11.1 Å². The third-order valence-corrected chi connectivity index (χ3v) is 7.86. The lowest BCUT2D eigenvalue weighted by Gasteiger charge is -2.19. The number of ether oxygens (including phenoxy) is 2. The molecule has 6 nitrogen and oxygen atoms in total. The average molecular weight is 516 g/mol. The van der Waals surface area contributed by atoms with Crippen molar-refractivity contribution in [2.45, 2.75) is 77.2 Å². The number of rotatable bonds is 9. The van der Waals surface area contributed by atoms with Crippen LogP contribution in [-0.2, 0) is 17.6 Å². The van der Waals surface area contributed by atoms with Gasteiger partial charge in [-0.3, -0.25) is 9.78 Å². The van der Waals surface area contributed by atoms with Crippen molar-refractivity contribution in [3.63, 3.8) is 0 Å². The number of hydrogen-bond acceptors (Lipinski definition) is 5. The number of carbonyl (C=O) groups is 1. The number of pyridine rings is 1. The van der Waals surface area contributed by atoms with Crippen molar-refractivity contribution >= 4 is 5.97 Å². The fourth-order valence-electron chi connectivity index (χ4n) is 5.98. The van der Waals surface area contributed by atoms with E-state index in [1.54, 1.807) is 13.8 Å². The van der Waals surface area contributed by atoms with Crippen LogP contribution in [0.15, 0.2) is 42.6 Å². The van der Waals surface area contributed by atoms with Crippen molar-refractivity contribution < 1.29 is 24.5 Å². The molecule has 0 fully saturated rings. The standard InChI is InChI=1S/C32H37NO5/c1-19-12-24(37-11-10-32(3,4)36)13-20(2)31(19)27-7-5-6-25-21(8-9-26(25)27)14-23-16-29-28(17-33-23)22(18-38-29)15-30(34)35/h5-7,12-13,16-17,21-22,36H,8-11,14-15,18H2,1-4H3,(H,34,35)/t21-,22+/m0/s1. The van der Waals surface area contributed by atoms with Crippen molar-refractivity contribution in [1.82, 2.24) is 4.98 Å². The largest absolute Gasteiger partial charge is 0.493 e. The molecule has 2 aliphatic rings. The summed E-state index contributed by atoms with van der Waals surface area (Å²) in [5.74, 6) is 1.07. The van der Waals surface area contributed by atoms with Gasteiger partial charge in [0.1, 0.15) is 11.5 Å². The van der Waals surface area contributed by atoms with Gasteiger partial charge in [-0.25, -0.2) is 0 Å². The Morgan fingerprint density at radius 3 is 2.61 bits per heavy atom. The number of benzene rings is 2. The second-order valence-corrected chi connectivity index (χ2v) is 11.5. The zero-order valence-corrected chi connectivity index (χ0v) is 22.7. The molecule has 6 heteroatoms. The Labute approximate surface area is 224 Å². The van der Waals surface area contributed by atoms with E-state index in [0.717, 1.165) is 42.0 Å². The number of carboxylic acids is 1. The minimum absolute atomic E-state index is 0.0690. The zero-order valence-electron chi connectivity index (χ0n) is 22.7. The van der Waals surface area contributed by atoms with Crippen LogP contribution in [0.1, 0.15) is 78.5 Å². The van der Waals surface area contributed by atoms with Gasteiger partial charge in [0.05, 0.1) is 25.2 Å². The van der Waals surface area contributed by atoms with Crippen LogP contribution in [0, 0.1) is 13.8 Å². The third kappa shape index (κ3) is 5.56. The fourth-order valence-corrected chi connectivity index (χ4v) is 5.98. The smallest absolute Gasteiger partial charge is 0.304 e. The molecule has 2 aromatic carbocycles. The summed E-state index contributed by atoms with van der Waals surface area (Å²) in [7, 11) is 0. The highest BCUT2D eigenvalue weighted by Gasteiger charge is 2.30. The number of fused-ring (bicyclic) bond motifs is 2. The van der Waals surface area contributed by atoms with E-state index in [1.165, 1.54) is 33.4 Å². The van der Waals surface area contributed by atoms with Gasteiger partial charge in [0.25, 0.3) is 0 Å². The minimum Gasteiger partial charge on any atom is -0.493 e. The fraction of sp³-hybridized carbons (Fsp3) is 0.438. The minimum atomic E-state index is -0.813. The van der Waals surface area contributed by atoms with Crippen molar-refractivity contribution in [1.29, 1.82) is 0 Å². The third-order valence-electron chi connectivity index (χ3n) is 7.86. The Balaban J connectivity index is 1.35. The van der Waals surface area contributed by atoms with Crippen LogP contribution in [-0.4, -0.2) is 40.0 Å². The molecule has 38 heavy (non-hydrogen) atoms. The molecule has 2 heterocycles. The van der Waals surface area contributed by atoms with Crippen LogP contribution < -0.4 is 9.47 Å². The van der Waals surface area contributed by atoms with E-state index in [0.29, 0.717) is 25.6 Å². The van der Waals surface area contributed by atoms with E-state index < -0.39 is 11.6 Å². The van der Waals surface area contributed by atoms with Crippen LogP contribution in [0.2, 0.25) is 0 Å². The molecule has 0 spiro atoms. The molecular formula is C32H37NO5.